The molecule has 0 radical (unpaired) electrons. The van der Waals surface area contributed by atoms with Gasteiger partial charge in [0, 0.05) is 5.56 Å². The predicted molar refractivity (Wildman–Crippen MR) is 76.2 cm³/mol. The van der Waals surface area contributed by atoms with Gasteiger partial charge < -0.3 is 8.83 Å². The Morgan fingerprint density at radius 2 is 1.86 bits per heavy atom. The summed E-state index contributed by atoms with van der Waals surface area (Å²) in [6.07, 6.45) is 4.39. The summed E-state index contributed by atoms with van der Waals surface area (Å²) in [5.74, 6) is 0.889. The van der Waals surface area contributed by atoms with Crippen LogP contribution in [-0.2, 0) is 0 Å². The number of furan rings is 2. The minimum absolute atomic E-state index is 0.236. The lowest BCUT2D eigenvalue weighted by molar-refractivity contribution is 0.102. The van der Waals surface area contributed by atoms with Crippen molar-refractivity contribution in [3.8, 4) is 11.3 Å². The molecule has 3 aromatic rings. The molecule has 0 unspecified atom stereocenters. The average Bonchev–Trinajstić information content (AvgIpc) is 3.17. The maximum absolute atomic E-state index is 12.9. The molecule has 3 rings (SSSR count). The van der Waals surface area contributed by atoms with Crippen LogP contribution in [0, 0.1) is 5.82 Å². The van der Waals surface area contributed by atoms with Gasteiger partial charge in [-0.05, 0) is 60.7 Å². The van der Waals surface area contributed by atoms with Crippen molar-refractivity contribution >= 4 is 11.9 Å². The van der Waals surface area contributed by atoms with E-state index < -0.39 is 0 Å². The van der Waals surface area contributed by atoms with E-state index in [4.69, 9.17) is 8.83 Å². The summed E-state index contributed by atoms with van der Waals surface area (Å²) in [5.41, 5.74) is 0.772. The molecule has 0 N–H and O–H groups in total. The van der Waals surface area contributed by atoms with Gasteiger partial charge in [-0.2, -0.15) is 0 Å². The Morgan fingerprint density at radius 3 is 2.57 bits per heavy atom. The zero-order valence-electron chi connectivity index (χ0n) is 11.0. The smallest absolute Gasteiger partial charge is 0.221 e. The third kappa shape index (κ3) is 3.00. The summed E-state index contributed by atoms with van der Waals surface area (Å²) in [4.78, 5) is 11.7. The van der Waals surface area contributed by atoms with Crippen LogP contribution in [-0.4, -0.2) is 5.78 Å². The molecule has 0 bridgehead atoms. The lowest BCUT2D eigenvalue weighted by Crippen LogP contribution is -1.89. The Morgan fingerprint density at radius 1 is 1.05 bits per heavy atom. The highest BCUT2D eigenvalue weighted by molar-refractivity contribution is 6.04. The van der Waals surface area contributed by atoms with Gasteiger partial charge in [0.25, 0.3) is 0 Å². The molecule has 0 aliphatic heterocycles. The van der Waals surface area contributed by atoms with Crippen molar-refractivity contribution in [1.29, 1.82) is 0 Å². The highest BCUT2D eigenvalue weighted by Gasteiger charge is 2.06. The largest absolute Gasteiger partial charge is 0.461 e. The Bertz CT molecular complexity index is 765. The number of halogens is 1. The number of allylic oxidation sites excluding steroid dienone is 1. The Balaban J connectivity index is 1.76. The van der Waals surface area contributed by atoms with Crippen molar-refractivity contribution in [2.75, 3.05) is 0 Å². The maximum Gasteiger partial charge on any atom is 0.221 e. The molecule has 1 aromatic carbocycles. The van der Waals surface area contributed by atoms with E-state index in [-0.39, 0.29) is 17.4 Å². The Labute approximate surface area is 120 Å². The van der Waals surface area contributed by atoms with Gasteiger partial charge in [0.15, 0.2) is 5.76 Å². The van der Waals surface area contributed by atoms with Gasteiger partial charge in [-0.15, -0.1) is 0 Å². The summed E-state index contributed by atoms with van der Waals surface area (Å²) in [6.45, 7) is 0. The molecule has 0 saturated carbocycles. The van der Waals surface area contributed by atoms with Crippen molar-refractivity contribution in [1.82, 2.24) is 0 Å². The number of benzene rings is 1. The van der Waals surface area contributed by atoms with Crippen molar-refractivity contribution < 1.29 is 18.0 Å². The first-order chi connectivity index (χ1) is 10.2. The second-order valence-corrected chi connectivity index (χ2v) is 4.38. The Hall–Kier alpha value is -2.88. The molecule has 0 aliphatic rings. The molecule has 0 spiro atoms. The third-order valence-corrected chi connectivity index (χ3v) is 2.92. The molecule has 2 heterocycles. The molecule has 2 aromatic heterocycles. The number of hydrogen-bond donors (Lipinski definition) is 0. The molecule has 0 atom stereocenters. The molecular weight excluding hydrogens is 271 g/mol. The van der Waals surface area contributed by atoms with Crippen molar-refractivity contribution in [2.45, 2.75) is 0 Å². The molecular formula is C17H11FO3. The molecule has 0 fully saturated rings. The Kier molecular flexibility index (Phi) is 3.51. The fraction of sp³-hybridized carbons (Fsp3) is 0. The quantitative estimate of drug-likeness (QED) is 0.520. The van der Waals surface area contributed by atoms with E-state index in [1.807, 2.05) is 0 Å². The van der Waals surface area contributed by atoms with Gasteiger partial charge in [-0.25, -0.2) is 4.39 Å². The number of rotatable bonds is 4. The van der Waals surface area contributed by atoms with Gasteiger partial charge in [0.2, 0.25) is 5.78 Å². The zero-order chi connectivity index (χ0) is 14.7. The monoisotopic (exact) mass is 282 g/mol. The van der Waals surface area contributed by atoms with Gasteiger partial charge in [-0.1, -0.05) is 0 Å². The van der Waals surface area contributed by atoms with Gasteiger partial charge in [0.1, 0.15) is 17.3 Å². The second kappa shape index (κ2) is 5.63. The average molecular weight is 282 g/mol. The van der Waals surface area contributed by atoms with Crippen LogP contribution in [0.2, 0.25) is 0 Å². The SMILES string of the molecule is O=C(C=Cc1ccc(-c2ccc(F)cc2)o1)c1ccco1. The van der Waals surface area contributed by atoms with Crippen LogP contribution >= 0.6 is 0 Å². The van der Waals surface area contributed by atoms with Crippen LogP contribution < -0.4 is 0 Å². The van der Waals surface area contributed by atoms with Crippen molar-refractivity contribution in [2.24, 2.45) is 0 Å². The second-order valence-electron chi connectivity index (χ2n) is 4.38. The number of hydrogen-bond acceptors (Lipinski definition) is 3. The summed E-state index contributed by atoms with van der Waals surface area (Å²) < 4.78 is 23.5. The minimum Gasteiger partial charge on any atom is -0.461 e. The normalized spacial score (nSPS) is 11.1. The van der Waals surface area contributed by atoms with Crippen molar-refractivity contribution in [3.05, 3.63) is 78.2 Å². The van der Waals surface area contributed by atoms with E-state index in [0.29, 0.717) is 11.5 Å². The van der Waals surface area contributed by atoms with Crippen LogP contribution in [0.3, 0.4) is 0 Å². The maximum atomic E-state index is 12.9. The van der Waals surface area contributed by atoms with E-state index >= 15 is 0 Å². The fourth-order valence-electron chi connectivity index (χ4n) is 1.87. The van der Waals surface area contributed by atoms with Crippen LogP contribution in [0.5, 0.6) is 0 Å². The third-order valence-electron chi connectivity index (χ3n) is 2.92. The molecule has 0 saturated heterocycles. The van der Waals surface area contributed by atoms with Crippen LogP contribution in [0.25, 0.3) is 17.4 Å². The summed E-state index contributed by atoms with van der Waals surface area (Å²) in [7, 11) is 0. The van der Waals surface area contributed by atoms with Crippen LogP contribution in [0.15, 0.2) is 69.7 Å². The molecule has 3 nitrogen and oxygen atoms in total. The van der Waals surface area contributed by atoms with Crippen LogP contribution in [0.4, 0.5) is 4.39 Å². The fourth-order valence-corrected chi connectivity index (χ4v) is 1.87. The molecule has 21 heavy (non-hydrogen) atoms. The van der Waals surface area contributed by atoms with Gasteiger partial charge in [-0.3, -0.25) is 4.79 Å². The highest BCUT2D eigenvalue weighted by Crippen LogP contribution is 2.23. The van der Waals surface area contributed by atoms with Gasteiger partial charge in [0.05, 0.1) is 6.26 Å². The first-order valence-electron chi connectivity index (χ1n) is 6.34. The van der Waals surface area contributed by atoms with E-state index in [1.165, 1.54) is 24.5 Å². The summed E-state index contributed by atoms with van der Waals surface area (Å²) >= 11 is 0. The lowest BCUT2D eigenvalue weighted by atomic mass is 10.2. The summed E-state index contributed by atoms with van der Waals surface area (Å²) in [6, 6.07) is 12.8. The molecule has 104 valence electrons. The van der Waals surface area contributed by atoms with E-state index in [0.717, 1.165) is 5.56 Å². The molecule has 0 aliphatic carbocycles. The van der Waals surface area contributed by atoms with E-state index in [9.17, 15) is 9.18 Å². The number of carbonyl (C=O) groups is 1. The van der Waals surface area contributed by atoms with E-state index in [1.54, 1.807) is 42.5 Å². The lowest BCUT2D eigenvalue weighted by Gasteiger charge is -1.95. The first kappa shape index (κ1) is 13.1. The molecule has 0 amide bonds. The van der Waals surface area contributed by atoms with E-state index in [2.05, 4.69) is 0 Å². The minimum atomic E-state index is -0.297. The number of carbonyl (C=O) groups excluding carboxylic acids is 1. The highest BCUT2D eigenvalue weighted by atomic mass is 19.1. The topological polar surface area (TPSA) is 43.4 Å². The first-order valence-corrected chi connectivity index (χ1v) is 6.34. The number of ketones is 1. The van der Waals surface area contributed by atoms with Crippen molar-refractivity contribution in [3.63, 3.8) is 0 Å². The standard InChI is InChI=1S/C17H11FO3/c18-13-5-3-12(4-6-13)16-10-8-14(21-16)7-9-15(19)17-2-1-11-20-17/h1-11H. The predicted octanol–water partition coefficient (Wildman–Crippen LogP) is 4.57. The summed E-state index contributed by atoms with van der Waals surface area (Å²) in [5, 5.41) is 0. The van der Waals surface area contributed by atoms with Gasteiger partial charge >= 0.3 is 0 Å². The van der Waals surface area contributed by atoms with Crippen LogP contribution in [0.1, 0.15) is 16.3 Å². The zero-order valence-corrected chi connectivity index (χ0v) is 11.0. The molecule has 4 heteroatoms.